The maximum atomic E-state index is 11.3. The van der Waals surface area contributed by atoms with Crippen molar-refractivity contribution in [3.05, 3.63) is 93.7 Å². The molecule has 1 aliphatic rings. The number of rotatable bonds is 6. The highest BCUT2D eigenvalue weighted by Gasteiger charge is 2.20. The maximum absolute atomic E-state index is 11.3. The minimum Gasteiger partial charge on any atom is -0.489 e. The van der Waals surface area contributed by atoms with E-state index in [1.165, 1.54) is 11.6 Å². The van der Waals surface area contributed by atoms with E-state index in [4.69, 9.17) is 4.74 Å². The molecule has 4 rings (SSSR count). The summed E-state index contributed by atoms with van der Waals surface area (Å²) < 4.78 is 7.04. The summed E-state index contributed by atoms with van der Waals surface area (Å²) in [5.74, 6) is -0.188. The van der Waals surface area contributed by atoms with Gasteiger partial charge in [0.15, 0.2) is 0 Å². The summed E-state index contributed by atoms with van der Waals surface area (Å²) in [6, 6.07) is 21.3. The molecule has 0 fully saturated rings. The number of benzene rings is 2. The van der Waals surface area contributed by atoms with Crippen LogP contribution < -0.4 is 4.74 Å². The van der Waals surface area contributed by atoms with Crippen LogP contribution in [-0.2, 0) is 6.61 Å². The first-order valence-electron chi connectivity index (χ1n) is 9.50. The van der Waals surface area contributed by atoms with Crippen molar-refractivity contribution in [2.24, 2.45) is 0 Å². The fourth-order valence-corrected chi connectivity index (χ4v) is 3.85. The maximum Gasteiger partial charge on any atom is 0.354 e. The van der Waals surface area contributed by atoms with E-state index in [9.17, 15) is 9.90 Å². The monoisotopic (exact) mass is 449 g/mol. The fraction of sp³-hybridized carbons (Fsp3) is 0.167. The summed E-state index contributed by atoms with van der Waals surface area (Å²) in [4.78, 5) is 15.6. The molecular formula is C24H20BrNO3. The van der Waals surface area contributed by atoms with Crippen LogP contribution >= 0.6 is 15.9 Å². The average molecular weight is 450 g/mol. The summed E-state index contributed by atoms with van der Waals surface area (Å²) >= 11 is 3.44. The number of aromatic nitrogens is 1. The van der Waals surface area contributed by atoms with Gasteiger partial charge in [-0.3, -0.25) is 0 Å². The lowest BCUT2D eigenvalue weighted by Crippen LogP contribution is -2.02. The molecule has 1 heterocycles. The predicted molar refractivity (Wildman–Crippen MR) is 117 cm³/mol. The van der Waals surface area contributed by atoms with E-state index in [0.717, 1.165) is 51.9 Å². The number of aromatic carboxylic acids is 1. The molecule has 4 nitrogen and oxygen atoms in total. The topological polar surface area (TPSA) is 59.4 Å². The number of carboxylic acids is 1. The van der Waals surface area contributed by atoms with Gasteiger partial charge in [0.1, 0.15) is 18.1 Å². The molecule has 0 radical (unpaired) electrons. The van der Waals surface area contributed by atoms with Gasteiger partial charge in [-0.25, -0.2) is 9.78 Å². The van der Waals surface area contributed by atoms with Gasteiger partial charge >= 0.3 is 5.97 Å². The average Bonchev–Trinajstić information content (AvgIpc) is 3.24. The van der Waals surface area contributed by atoms with Crippen LogP contribution in [0.2, 0.25) is 0 Å². The van der Waals surface area contributed by atoms with Gasteiger partial charge in [-0.1, -0.05) is 46.3 Å². The molecule has 0 amide bonds. The number of hydrogen-bond acceptors (Lipinski definition) is 3. The first-order valence-corrected chi connectivity index (χ1v) is 10.3. The molecule has 1 N–H and O–H groups in total. The molecule has 0 unspecified atom stereocenters. The molecule has 2 aromatic carbocycles. The van der Waals surface area contributed by atoms with Gasteiger partial charge in [0.2, 0.25) is 0 Å². The fourth-order valence-electron chi connectivity index (χ4n) is 3.59. The Morgan fingerprint density at radius 1 is 1.00 bits per heavy atom. The SMILES string of the molecule is O=C(O)c1cccc(C2=C(c3cccc(OCc4ccc(Br)cc4)c3)CCC2)n1. The molecule has 1 aromatic heterocycles. The van der Waals surface area contributed by atoms with Gasteiger partial charge in [-0.05, 0) is 77.9 Å². The molecule has 0 spiro atoms. The lowest BCUT2D eigenvalue weighted by atomic mass is 9.99. The zero-order valence-corrected chi connectivity index (χ0v) is 17.4. The molecule has 0 atom stereocenters. The van der Waals surface area contributed by atoms with Crippen LogP contribution in [0.3, 0.4) is 0 Å². The molecule has 0 bridgehead atoms. The molecule has 5 heteroatoms. The Labute approximate surface area is 178 Å². The Balaban J connectivity index is 1.59. The van der Waals surface area contributed by atoms with Crippen LogP contribution in [0.15, 0.2) is 71.2 Å². The van der Waals surface area contributed by atoms with Crippen molar-refractivity contribution in [1.29, 1.82) is 0 Å². The summed E-state index contributed by atoms with van der Waals surface area (Å²) in [7, 11) is 0. The van der Waals surface area contributed by atoms with Crippen LogP contribution in [0.4, 0.5) is 0 Å². The molecule has 3 aromatic rings. The highest BCUT2D eigenvalue weighted by atomic mass is 79.9. The van der Waals surface area contributed by atoms with E-state index in [0.29, 0.717) is 6.61 Å². The Kier molecular flexibility index (Phi) is 5.76. The van der Waals surface area contributed by atoms with Gasteiger partial charge < -0.3 is 9.84 Å². The molecule has 0 saturated heterocycles. The largest absolute Gasteiger partial charge is 0.489 e. The van der Waals surface area contributed by atoms with E-state index in [1.54, 1.807) is 6.07 Å². The number of carbonyl (C=O) groups is 1. The number of pyridine rings is 1. The van der Waals surface area contributed by atoms with Crippen molar-refractivity contribution in [3.63, 3.8) is 0 Å². The molecule has 1 aliphatic carbocycles. The Morgan fingerprint density at radius 2 is 1.76 bits per heavy atom. The zero-order valence-electron chi connectivity index (χ0n) is 15.8. The summed E-state index contributed by atoms with van der Waals surface area (Å²) in [6.45, 7) is 0.505. The lowest BCUT2D eigenvalue weighted by Gasteiger charge is -2.11. The number of halogens is 1. The second kappa shape index (κ2) is 8.62. The minimum atomic E-state index is -1.00. The molecule has 0 aliphatic heterocycles. The van der Waals surface area contributed by atoms with Crippen molar-refractivity contribution in [2.45, 2.75) is 25.9 Å². The molecule has 29 heavy (non-hydrogen) atoms. The van der Waals surface area contributed by atoms with Gasteiger partial charge in [0.05, 0.1) is 5.69 Å². The summed E-state index contributed by atoms with van der Waals surface area (Å²) in [5, 5.41) is 9.24. The molecular weight excluding hydrogens is 430 g/mol. The quantitative estimate of drug-likeness (QED) is 0.485. The highest BCUT2D eigenvalue weighted by Crippen LogP contribution is 2.39. The number of allylic oxidation sites excluding steroid dienone is 2. The lowest BCUT2D eigenvalue weighted by molar-refractivity contribution is 0.0690. The van der Waals surface area contributed by atoms with Gasteiger partial charge in [0, 0.05) is 4.47 Å². The normalized spacial score (nSPS) is 13.6. The zero-order chi connectivity index (χ0) is 20.2. The minimum absolute atomic E-state index is 0.0767. The van der Waals surface area contributed by atoms with Gasteiger partial charge in [-0.2, -0.15) is 0 Å². The van der Waals surface area contributed by atoms with Crippen molar-refractivity contribution >= 4 is 33.0 Å². The first kappa shape index (κ1) is 19.4. The van der Waals surface area contributed by atoms with E-state index in [-0.39, 0.29) is 5.69 Å². The van der Waals surface area contributed by atoms with Crippen molar-refractivity contribution in [1.82, 2.24) is 4.98 Å². The van der Waals surface area contributed by atoms with Crippen molar-refractivity contribution < 1.29 is 14.6 Å². The van der Waals surface area contributed by atoms with Crippen molar-refractivity contribution in [3.8, 4) is 5.75 Å². The number of carboxylic acid groups (broad SMARTS) is 1. The third kappa shape index (κ3) is 4.57. The first-order chi connectivity index (χ1) is 14.1. The molecule has 0 saturated carbocycles. The number of hydrogen-bond donors (Lipinski definition) is 1. The Hall–Kier alpha value is -2.92. The van der Waals surface area contributed by atoms with Crippen LogP contribution in [0, 0.1) is 0 Å². The summed E-state index contributed by atoms with van der Waals surface area (Å²) in [5.41, 5.74) is 5.38. The van der Waals surface area contributed by atoms with Crippen LogP contribution in [-0.4, -0.2) is 16.1 Å². The Morgan fingerprint density at radius 3 is 2.55 bits per heavy atom. The van der Waals surface area contributed by atoms with E-state index in [2.05, 4.69) is 33.0 Å². The van der Waals surface area contributed by atoms with E-state index < -0.39 is 5.97 Å². The smallest absolute Gasteiger partial charge is 0.354 e. The van der Waals surface area contributed by atoms with Crippen LogP contribution in [0.1, 0.15) is 46.6 Å². The number of nitrogens with zero attached hydrogens (tertiary/aromatic N) is 1. The predicted octanol–water partition coefficient (Wildman–Crippen LogP) is 6.22. The number of ether oxygens (including phenoxy) is 1. The van der Waals surface area contributed by atoms with Crippen LogP contribution in [0.25, 0.3) is 11.1 Å². The standard InChI is InChI=1S/C24H20BrNO3/c25-18-12-10-16(11-13-18)15-29-19-5-1-4-17(14-19)20-6-2-7-21(20)22-8-3-9-23(26-22)24(27)28/h1,3-5,8-14H,2,6-7,15H2,(H,27,28). The Bertz CT molecular complexity index is 1070. The second-order valence-corrected chi connectivity index (χ2v) is 7.88. The van der Waals surface area contributed by atoms with Crippen LogP contribution in [0.5, 0.6) is 5.75 Å². The van der Waals surface area contributed by atoms with Gasteiger partial charge in [-0.15, -0.1) is 0 Å². The molecule has 146 valence electrons. The van der Waals surface area contributed by atoms with E-state index in [1.807, 2.05) is 42.5 Å². The summed E-state index contributed by atoms with van der Waals surface area (Å²) in [6.07, 6.45) is 2.88. The van der Waals surface area contributed by atoms with E-state index >= 15 is 0 Å². The third-order valence-electron chi connectivity index (χ3n) is 5.00. The van der Waals surface area contributed by atoms with Gasteiger partial charge in [0.25, 0.3) is 0 Å². The second-order valence-electron chi connectivity index (χ2n) is 6.97. The third-order valence-corrected chi connectivity index (χ3v) is 5.53. The van der Waals surface area contributed by atoms with Crippen molar-refractivity contribution in [2.75, 3.05) is 0 Å². The highest BCUT2D eigenvalue weighted by molar-refractivity contribution is 9.10.